The Labute approximate surface area is 175 Å². The van der Waals surface area contributed by atoms with Crippen LogP contribution in [-0.2, 0) is 24.3 Å². The van der Waals surface area contributed by atoms with Gasteiger partial charge in [0.1, 0.15) is 12.7 Å². The van der Waals surface area contributed by atoms with E-state index < -0.39 is 0 Å². The first-order valence-electron chi connectivity index (χ1n) is 9.89. The Bertz CT molecular complexity index is 1150. The summed E-state index contributed by atoms with van der Waals surface area (Å²) in [6, 6.07) is 7.95. The lowest BCUT2D eigenvalue weighted by atomic mass is 9.97. The number of aromatic nitrogens is 3. The maximum absolute atomic E-state index is 11.7. The Morgan fingerprint density at radius 2 is 2.13 bits per heavy atom. The Balaban J connectivity index is 1.36. The van der Waals surface area contributed by atoms with Gasteiger partial charge in [0.05, 0.1) is 23.0 Å². The van der Waals surface area contributed by atoms with E-state index in [2.05, 4.69) is 28.4 Å². The highest BCUT2D eigenvalue weighted by atomic mass is 16.5. The van der Waals surface area contributed by atoms with Crippen molar-refractivity contribution < 1.29 is 9.53 Å². The smallest absolute Gasteiger partial charge is 0.338 e. The minimum Gasteiger partial charge on any atom is -0.457 e. The Morgan fingerprint density at radius 3 is 2.90 bits per heavy atom. The summed E-state index contributed by atoms with van der Waals surface area (Å²) in [4.78, 5) is 16.2. The molecule has 0 bridgehead atoms. The summed E-state index contributed by atoms with van der Waals surface area (Å²) in [6.07, 6.45) is 4.64. The van der Waals surface area contributed by atoms with E-state index in [1.165, 1.54) is 5.56 Å². The molecule has 0 atom stereocenters. The minimum absolute atomic E-state index is 0.225. The number of rotatable bonds is 6. The lowest BCUT2D eigenvalue weighted by Crippen LogP contribution is -2.17. The molecule has 0 radical (unpaired) electrons. The van der Waals surface area contributed by atoms with Crippen LogP contribution in [0.25, 0.3) is 5.82 Å². The van der Waals surface area contributed by atoms with Gasteiger partial charge in [-0.15, -0.1) is 0 Å². The third kappa shape index (κ3) is 3.70. The molecule has 1 N–H and O–H groups in total. The van der Waals surface area contributed by atoms with Crippen LogP contribution in [0.5, 0.6) is 0 Å². The van der Waals surface area contributed by atoms with Crippen LogP contribution in [0.3, 0.4) is 0 Å². The zero-order chi connectivity index (χ0) is 21.3. The largest absolute Gasteiger partial charge is 0.457 e. The van der Waals surface area contributed by atoms with E-state index in [1.807, 2.05) is 44.4 Å². The number of nitriles is 1. The van der Waals surface area contributed by atoms with Crippen LogP contribution in [0.1, 0.15) is 49.4 Å². The van der Waals surface area contributed by atoms with Gasteiger partial charge in [0, 0.05) is 23.9 Å². The van der Waals surface area contributed by atoms with Crippen LogP contribution >= 0.6 is 0 Å². The summed E-state index contributed by atoms with van der Waals surface area (Å²) in [5, 5.41) is 17.1. The molecule has 152 valence electrons. The number of esters is 1. The van der Waals surface area contributed by atoms with Crippen LogP contribution in [0.4, 0.5) is 0 Å². The molecule has 7 nitrogen and oxygen atoms in total. The topological polar surface area (TPSA) is 92.8 Å². The molecular formula is C23H23N5O2. The van der Waals surface area contributed by atoms with Gasteiger partial charge in [-0.3, -0.25) is 0 Å². The van der Waals surface area contributed by atoms with Crippen molar-refractivity contribution in [2.24, 2.45) is 0 Å². The summed E-state index contributed by atoms with van der Waals surface area (Å²) in [6.45, 7) is 7.68. The molecule has 0 unspecified atom stereocenters. The predicted octanol–water partition coefficient (Wildman–Crippen LogP) is 3.07. The number of aryl methyl sites for hydroxylation is 2. The molecule has 1 aromatic carbocycles. The number of pyridine rings is 1. The maximum Gasteiger partial charge on any atom is 0.338 e. The molecule has 30 heavy (non-hydrogen) atoms. The molecule has 0 amide bonds. The number of ether oxygens (including phenoxy) is 1. The molecule has 0 aliphatic carbocycles. The molecule has 1 aliphatic rings. The van der Waals surface area contributed by atoms with Gasteiger partial charge < -0.3 is 10.1 Å². The van der Waals surface area contributed by atoms with Crippen molar-refractivity contribution in [2.45, 2.75) is 40.3 Å². The second kappa shape index (κ2) is 8.09. The van der Waals surface area contributed by atoms with Gasteiger partial charge in [-0.25, -0.2) is 14.5 Å². The summed E-state index contributed by atoms with van der Waals surface area (Å²) >= 11 is 0. The Hall–Kier alpha value is -3.50. The van der Waals surface area contributed by atoms with E-state index >= 15 is 0 Å². The van der Waals surface area contributed by atoms with Crippen LogP contribution < -0.4 is 5.32 Å². The van der Waals surface area contributed by atoms with Crippen LogP contribution in [-0.4, -0.2) is 27.3 Å². The van der Waals surface area contributed by atoms with Gasteiger partial charge in [0.2, 0.25) is 0 Å². The van der Waals surface area contributed by atoms with Crippen molar-refractivity contribution in [1.29, 1.82) is 5.26 Å². The lowest BCUT2D eigenvalue weighted by Gasteiger charge is -2.09. The number of fused-ring (bicyclic) bond motifs is 1. The van der Waals surface area contributed by atoms with Crippen molar-refractivity contribution in [2.75, 3.05) is 6.54 Å². The molecule has 3 aromatic rings. The first-order valence-corrected chi connectivity index (χ1v) is 9.89. The molecule has 4 rings (SSSR count). The normalized spacial score (nSPS) is 12.5. The van der Waals surface area contributed by atoms with Crippen LogP contribution in [0.15, 0.2) is 30.6 Å². The molecular weight excluding hydrogens is 378 g/mol. The lowest BCUT2D eigenvalue weighted by molar-refractivity contribution is 0.0535. The van der Waals surface area contributed by atoms with Crippen molar-refractivity contribution in [3.05, 3.63) is 75.2 Å². The number of benzene rings is 1. The number of cyclic esters (lactones) is 1. The fraction of sp³-hybridized carbons (Fsp3) is 0.304. The van der Waals surface area contributed by atoms with E-state index in [1.54, 1.807) is 4.68 Å². The third-order valence-electron chi connectivity index (χ3n) is 5.54. The number of carbonyl (C=O) groups excluding carboxylic acids is 1. The third-order valence-corrected chi connectivity index (χ3v) is 5.54. The molecule has 1 aliphatic heterocycles. The van der Waals surface area contributed by atoms with Crippen molar-refractivity contribution >= 4 is 5.97 Å². The highest BCUT2D eigenvalue weighted by molar-refractivity contribution is 5.93. The van der Waals surface area contributed by atoms with Crippen LogP contribution in [0.2, 0.25) is 0 Å². The Kier molecular flexibility index (Phi) is 5.34. The molecule has 3 heterocycles. The zero-order valence-electron chi connectivity index (χ0n) is 17.3. The quantitative estimate of drug-likeness (QED) is 0.504. The number of carbonyl (C=O) groups is 1. The van der Waals surface area contributed by atoms with E-state index in [0.29, 0.717) is 35.8 Å². The molecule has 0 fully saturated rings. The molecule has 7 heteroatoms. The molecule has 0 saturated carbocycles. The molecule has 0 saturated heterocycles. The first kappa shape index (κ1) is 19.8. The monoisotopic (exact) mass is 401 g/mol. The fourth-order valence-electron chi connectivity index (χ4n) is 3.80. The van der Waals surface area contributed by atoms with E-state index in [4.69, 9.17) is 4.74 Å². The van der Waals surface area contributed by atoms with Gasteiger partial charge >= 0.3 is 5.97 Å². The SMILES string of the molecule is Cc1cc(-n2cc(CNCCc3ccc4c(c3C)COC4=O)cn2)nc(C)c1C#N. The predicted molar refractivity (Wildman–Crippen MR) is 111 cm³/mol. The van der Waals surface area contributed by atoms with Gasteiger partial charge in [0.15, 0.2) is 5.82 Å². The van der Waals surface area contributed by atoms with Crippen molar-refractivity contribution in [1.82, 2.24) is 20.1 Å². The number of nitrogens with zero attached hydrogens (tertiary/aromatic N) is 4. The highest BCUT2D eigenvalue weighted by Gasteiger charge is 2.23. The Morgan fingerprint density at radius 1 is 1.30 bits per heavy atom. The van der Waals surface area contributed by atoms with Gasteiger partial charge in [-0.05, 0) is 62.6 Å². The standard InChI is InChI=1S/C23H23N5O2/c1-14-8-22(27-16(3)20(14)9-24)28-12-17(11-26-28)10-25-7-6-18-4-5-19-21(15(18)2)13-30-23(19)29/h4-5,8,11-12,25H,6-7,10,13H2,1-3H3. The number of nitrogens with one attached hydrogen (secondary N) is 1. The maximum atomic E-state index is 11.7. The van der Waals surface area contributed by atoms with Crippen molar-refractivity contribution in [3.63, 3.8) is 0 Å². The minimum atomic E-state index is -0.225. The first-order chi connectivity index (χ1) is 14.5. The highest BCUT2D eigenvalue weighted by Crippen LogP contribution is 2.26. The number of hydrogen-bond acceptors (Lipinski definition) is 6. The fourth-order valence-corrected chi connectivity index (χ4v) is 3.80. The summed E-state index contributed by atoms with van der Waals surface area (Å²) in [5.41, 5.74) is 7.35. The molecule has 0 spiro atoms. The average Bonchev–Trinajstić information content (AvgIpc) is 3.34. The van der Waals surface area contributed by atoms with Crippen molar-refractivity contribution in [3.8, 4) is 11.9 Å². The number of hydrogen-bond donors (Lipinski definition) is 1. The van der Waals surface area contributed by atoms with E-state index in [0.717, 1.165) is 35.2 Å². The van der Waals surface area contributed by atoms with E-state index in [-0.39, 0.29) is 5.97 Å². The summed E-state index contributed by atoms with van der Waals surface area (Å²) in [7, 11) is 0. The molecule has 2 aromatic heterocycles. The van der Waals surface area contributed by atoms with Gasteiger partial charge in [-0.2, -0.15) is 10.4 Å². The van der Waals surface area contributed by atoms with E-state index in [9.17, 15) is 10.1 Å². The van der Waals surface area contributed by atoms with Crippen LogP contribution in [0, 0.1) is 32.1 Å². The summed E-state index contributed by atoms with van der Waals surface area (Å²) in [5.74, 6) is 0.484. The van der Waals surface area contributed by atoms with Gasteiger partial charge in [-0.1, -0.05) is 6.07 Å². The second-order valence-electron chi connectivity index (χ2n) is 7.54. The zero-order valence-corrected chi connectivity index (χ0v) is 17.3. The summed E-state index contributed by atoms with van der Waals surface area (Å²) < 4.78 is 6.86. The van der Waals surface area contributed by atoms with Gasteiger partial charge in [0.25, 0.3) is 0 Å². The second-order valence-corrected chi connectivity index (χ2v) is 7.54. The average molecular weight is 401 g/mol.